The van der Waals surface area contributed by atoms with E-state index < -0.39 is 41.3 Å². The maximum absolute atomic E-state index is 13.5. The van der Waals surface area contributed by atoms with Gasteiger partial charge in [-0.25, -0.2) is 4.39 Å². The number of anilines is 1. The van der Waals surface area contributed by atoms with Crippen LogP contribution in [0.2, 0.25) is 5.02 Å². The number of carbonyl (C=O) groups excluding carboxylic acids is 2. The molecule has 2 amide bonds. The lowest BCUT2D eigenvalue weighted by molar-refractivity contribution is -0.137. The molecule has 0 aromatic heterocycles. The minimum Gasteiger partial charge on any atom is -0.507 e. The summed E-state index contributed by atoms with van der Waals surface area (Å²) in [5, 5.41) is 14.7. The second-order valence-electron chi connectivity index (χ2n) is 6.43. The number of halogens is 5. The number of rotatable bonds is 5. The van der Waals surface area contributed by atoms with E-state index in [0.29, 0.717) is 12.1 Å². The summed E-state index contributed by atoms with van der Waals surface area (Å²) < 4.78 is 51.8. The van der Waals surface area contributed by atoms with Crippen LogP contribution in [0.1, 0.15) is 29.8 Å². The molecule has 29 heavy (non-hydrogen) atoms. The first-order chi connectivity index (χ1) is 13.4. The molecule has 5 nitrogen and oxygen atoms in total. The summed E-state index contributed by atoms with van der Waals surface area (Å²) in [4.78, 5) is 24.6. The molecule has 2 aromatic rings. The Balaban J connectivity index is 2.09. The first kappa shape index (κ1) is 22.5. The number of hydrogen-bond acceptors (Lipinski definition) is 3. The van der Waals surface area contributed by atoms with Gasteiger partial charge < -0.3 is 15.7 Å². The second-order valence-corrected chi connectivity index (χ2v) is 6.86. The number of phenolic OH excluding ortho intramolecular Hbond substituents is 1. The van der Waals surface area contributed by atoms with E-state index in [0.717, 1.165) is 6.07 Å². The summed E-state index contributed by atoms with van der Waals surface area (Å²) in [6, 6.07) is 4.79. The summed E-state index contributed by atoms with van der Waals surface area (Å²) >= 11 is 5.79. The van der Waals surface area contributed by atoms with Gasteiger partial charge in [-0.2, -0.15) is 13.2 Å². The predicted molar refractivity (Wildman–Crippen MR) is 99.2 cm³/mol. The highest BCUT2D eigenvalue weighted by molar-refractivity contribution is 6.31. The van der Waals surface area contributed by atoms with Crippen LogP contribution in [0.15, 0.2) is 36.4 Å². The molecule has 0 radical (unpaired) electrons. The highest BCUT2D eigenvalue weighted by Gasteiger charge is 2.32. The average molecular weight is 433 g/mol. The number of alkyl halides is 3. The number of aromatic hydroxyl groups is 1. The van der Waals surface area contributed by atoms with Crippen LogP contribution < -0.4 is 10.6 Å². The van der Waals surface area contributed by atoms with Crippen LogP contribution in [0.5, 0.6) is 5.75 Å². The first-order valence-corrected chi connectivity index (χ1v) is 8.74. The molecule has 2 aromatic carbocycles. The molecular formula is C19H17ClF4N2O3. The van der Waals surface area contributed by atoms with E-state index in [-0.39, 0.29) is 22.0 Å². The molecule has 0 spiro atoms. The zero-order chi connectivity index (χ0) is 21.9. The van der Waals surface area contributed by atoms with Crippen molar-refractivity contribution in [2.75, 3.05) is 5.32 Å². The van der Waals surface area contributed by atoms with Crippen LogP contribution >= 0.6 is 11.6 Å². The van der Waals surface area contributed by atoms with Crippen molar-refractivity contribution in [2.45, 2.75) is 26.1 Å². The molecule has 2 atom stereocenters. The molecule has 10 heteroatoms. The van der Waals surface area contributed by atoms with Gasteiger partial charge in [-0.05, 0) is 43.3 Å². The maximum atomic E-state index is 13.5. The third-order valence-electron chi connectivity index (χ3n) is 4.22. The molecule has 0 bridgehead atoms. The van der Waals surface area contributed by atoms with Gasteiger partial charge in [-0.1, -0.05) is 18.5 Å². The van der Waals surface area contributed by atoms with Crippen molar-refractivity contribution in [3.8, 4) is 5.75 Å². The number of nitrogens with one attached hydrogen (secondary N) is 2. The Morgan fingerprint density at radius 1 is 1.10 bits per heavy atom. The van der Waals surface area contributed by atoms with Crippen molar-refractivity contribution in [3.05, 3.63) is 58.4 Å². The molecule has 156 valence electrons. The monoisotopic (exact) mass is 432 g/mol. The summed E-state index contributed by atoms with van der Waals surface area (Å²) in [6.07, 6.45) is -4.77. The number of phenols is 1. The molecule has 0 aliphatic rings. The number of amides is 2. The van der Waals surface area contributed by atoms with E-state index in [9.17, 15) is 32.3 Å². The summed E-state index contributed by atoms with van der Waals surface area (Å²) in [5.41, 5.74) is -1.70. The Bertz CT molecular complexity index is 934. The van der Waals surface area contributed by atoms with Gasteiger partial charge in [0.05, 0.1) is 17.0 Å². The Morgan fingerprint density at radius 3 is 2.38 bits per heavy atom. The first-order valence-electron chi connectivity index (χ1n) is 8.36. The Morgan fingerprint density at radius 2 is 1.76 bits per heavy atom. The molecule has 0 aliphatic carbocycles. The van der Waals surface area contributed by atoms with E-state index >= 15 is 0 Å². The molecule has 2 rings (SSSR count). The minimum absolute atomic E-state index is 0.100. The van der Waals surface area contributed by atoms with Crippen molar-refractivity contribution in [1.29, 1.82) is 0 Å². The SMILES string of the molecule is C[C@H](NC(=O)c1cc(Cl)ccc1O)[C@H](C)C(=O)Nc1cc(F)cc(C(F)(F)F)c1. The third kappa shape index (κ3) is 5.83. The minimum atomic E-state index is -4.77. The lowest BCUT2D eigenvalue weighted by atomic mass is 10.0. The number of carbonyl (C=O) groups is 2. The van der Waals surface area contributed by atoms with Crippen molar-refractivity contribution >= 4 is 29.1 Å². The predicted octanol–water partition coefficient (Wildman–Crippen LogP) is 4.60. The highest BCUT2D eigenvalue weighted by atomic mass is 35.5. The Kier molecular flexibility index (Phi) is 6.73. The Hall–Kier alpha value is -2.81. The van der Waals surface area contributed by atoms with Gasteiger partial charge in [0.1, 0.15) is 11.6 Å². The molecule has 0 saturated carbocycles. The van der Waals surface area contributed by atoms with Gasteiger partial charge in [0.25, 0.3) is 5.91 Å². The summed E-state index contributed by atoms with van der Waals surface area (Å²) in [6.45, 7) is 2.93. The van der Waals surface area contributed by atoms with Crippen LogP contribution in [0.3, 0.4) is 0 Å². The van der Waals surface area contributed by atoms with Gasteiger partial charge in [-0.15, -0.1) is 0 Å². The fourth-order valence-electron chi connectivity index (χ4n) is 2.41. The van der Waals surface area contributed by atoms with E-state index in [4.69, 9.17) is 11.6 Å². The highest BCUT2D eigenvalue weighted by Crippen LogP contribution is 2.31. The molecule has 0 heterocycles. The van der Waals surface area contributed by atoms with Crippen LogP contribution in [-0.4, -0.2) is 23.0 Å². The maximum Gasteiger partial charge on any atom is 0.416 e. The largest absolute Gasteiger partial charge is 0.507 e. The van der Waals surface area contributed by atoms with E-state index in [2.05, 4.69) is 10.6 Å². The molecule has 0 fully saturated rings. The number of hydrogen-bond donors (Lipinski definition) is 3. The third-order valence-corrected chi connectivity index (χ3v) is 4.45. The molecule has 0 aliphatic heterocycles. The lowest BCUT2D eigenvalue weighted by Crippen LogP contribution is -2.41. The summed E-state index contributed by atoms with van der Waals surface area (Å²) in [7, 11) is 0. The van der Waals surface area contributed by atoms with Gasteiger partial charge in [0.2, 0.25) is 5.91 Å². The van der Waals surface area contributed by atoms with Gasteiger partial charge in [-0.3, -0.25) is 9.59 Å². The Labute approximate surface area is 168 Å². The molecule has 0 unspecified atom stereocenters. The van der Waals surface area contributed by atoms with Crippen LogP contribution in [0.4, 0.5) is 23.2 Å². The normalized spacial score (nSPS) is 13.5. The topological polar surface area (TPSA) is 78.4 Å². The van der Waals surface area contributed by atoms with E-state index in [1.54, 1.807) is 0 Å². The van der Waals surface area contributed by atoms with Crippen molar-refractivity contribution < 1.29 is 32.3 Å². The average Bonchev–Trinajstić information content (AvgIpc) is 2.61. The van der Waals surface area contributed by atoms with Crippen LogP contribution in [0, 0.1) is 11.7 Å². The van der Waals surface area contributed by atoms with Gasteiger partial charge >= 0.3 is 6.18 Å². The standard InChI is InChI=1S/C19H17ClF4N2O3/c1-9(10(2)25-18(29)15-7-12(20)3-4-16(15)27)17(28)26-14-6-11(19(22,23)24)5-13(21)8-14/h3-10,27H,1-2H3,(H,25,29)(H,26,28)/t9-,10-/m0/s1. The van der Waals surface area contributed by atoms with E-state index in [1.807, 2.05) is 0 Å². The zero-order valence-electron chi connectivity index (χ0n) is 15.3. The van der Waals surface area contributed by atoms with Crippen LogP contribution in [-0.2, 0) is 11.0 Å². The van der Waals surface area contributed by atoms with Crippen molar-refractivity contribution in [2.24, 2.45) is 5.92 Å². The lowest BCUT2D eigenvalue weighted by Gasteiger charge is -2.21. The van der Waals surface area contributed by atoms with Gasteiger partial charge in [0.15, 0.2) is 0 Å². The van der Waals surface area contributed by atoms with Gasteiger partial charge in [0, 0.05) is 16.8 Å². The van der Waals surface area contributed by atoms with Crippen LogP contribution in [0.25, 0.3) is 0 Å². The fraction of sp³-hybridized carbons (Fsp3) is 0.263. The van der Waals surface area contributed by atoms with Crippen molar-refractivity contribution in [1.82, 2.24) is 5.32 Å². The van der Waals surface area contributed by atoms with E-state index in [1.165, 1.54) is 32.0 Å². The second kappa shape index (κ2) is 8.69. The zero-order valence-corrected chi connectivity index (χ0v) is 16.0. The quantitative estimate of drug-likeness (QED) is 0.604. The molecule has 0 saturated heterocycles. The number of benzene rings is 2. The van der Waals surface area contributed by atoms with Crippen molar-refractivity contribution in [3.63, 3.8) is 0 Å². The smallest absolute Gasteiger partial charge is 0.416 e. The fourth-order valence-corrected chi connectivity index (χ4v) is 2.58. The summed E-state index contributed by atoms with van der Waals surface area (Å²) in [5.74, 6) is -3.77. The molecule has 3 N–H and O–H groups in total. The molecular weight excluding hydrogens is 416 g/mol.